The summed E-state index contributed by atoms with van der Waals surface area (Å²) in [6, 6.07) is 21.0. The number of aromatic amines is 1. The van der Waals surface area contributed by atoms with Gasteiger partial charge in [-0.2, -0.15) is 0 Å². The average molecular weight is 572 g/mol. The number of hydrogen-bond acceptors (Lipinski definition) is 5. The number of halogens is 2. The topological polar surface area (TPSA) is 86.8 Å². The number of aryl methyl sites for hydroxylation is 1. The van der Waals surface area contributed by atoms with Crippen molar-refractivity contribution in [1.29, 1.82) is 0 Å². The van der Waals surface area contributed by atoms with Gasteiger partial charge in [0.05, 0.1) is 33.2 Å². The Morgan fingerprint density at radius 1 is 0.975 bits per heavy atom. The standard InChI is InChI=1S/C31H28Cl2N6O/c32-24-16-34-17-25(33)30(24)31(40)36-15-20-7-9-21(10-8-20)18-39(19-29-37-26-5-1-2-6-27(26)38-29)23-12-11-22-4-3-13-35-28(22)14-23/h1-10,13,16-17,23H,11-12,14-15,18-19H2,(H,36,40)(H,37,38). The van der Waals surface area contributed by atoms with Gasteiger partial charge in [-0.25, -0.2) is 4.98 Å². The number of H-pyrrole nitrogens is 1. The Morgan fingerprint density at radius 3 is 2.55 bits per heavy atom. The van der Waals surface area contributed by atoms with Crippen molar-refractivity contribution in [3.63, 3.8) is 0 Å². The number of nitrogens with zero attached hydrogens (tertiary/aromatic N) is 4. The molecule has 202 valence electrons. The van der Waals surface area contributed by atoms with Gasteiger partial charge in [0.15, 0.2) is 0 Å². The predicted molar refractivity (Wildman–Crippen MR) is 157 cm³/mol. The van der Waals surface area contributed by atoms with Gasteiger partial charge in [-0.3, -0.25) is 19.7 Å². The van der Waals surface area contributed by atoms with Crippen molar-refractivity contribution in [2.75, 3.05) is 0 Å². The number of carbonyl (C=O) groups is 1. The molecule has 3 heterocycles. The lowest BCUT2D eigenvalue weighted by Gasteiger charge is -2.34. The van der Waals surface area contributed by atoms with Gasteiger partial charge in [-0.05, 0) is 47.7 Å². The molecule has 2 N–H and O–H groups in total. The van der Waals surface area contributed by atoms with Crippen molar-refractivity contribution >= 4 is 40.1 Å². The third kappa shape index (κ3) is 5.87. The van der Waals surface area contributed by atoms with Gasteiger partial charge in [0, 0.05) is 49.8 Å². The zero-order valence-electron chi connectivity index (χ0n) is 21.8. The number of carbonyl (C=O) groups excluding carboxylic acids is 1. The van der Waals surface area contributed by atoms with E-state index in [-0.39, 0.29) is 21.5 Å². The SMILES string of the molecule is O=C(NCc1ccc(CN(Cc2nc3ccccc3[nH]2)C2CCc3cccnc3C2)cc1)c1c(Cl)cncc1Cl. The number of benzene rings is 2. The molecule has 1 atom stereocenters. The third-order valence-corrected chi connectivity index (χ3v) is 7.98. The molecule has 0 aliphatic heterocycles. The lowest BCUT2D eigenvalue weighted by molar-refractivity contribution is 0.0951. The van der Waals surface area contributed by atoms with Gasteiger partial charge in [0.25, 0.3) is 5.91 Å². The average Bonchev–Trinajstić information content (AvgIpc) is 3.38. The quantitative estimate of drug-likeness (QED) is 0.233. The van der Waals surface area contributed by atoms with E-state index < -0.39 is 0 Å². The van der Waals surface area contributed by atoms with Crippen LogP contribution < -0.4 is 5.32 Å². The van der Waals surface area contributed by atoms with Crippen LogP contribution in [0.1, 0.15) is 45.0 Å². The molecule has 1 aliphatic rings. The number of pyridine rings is 2. The fraction of sp³-hybridized carbons (Fsp3) is 0.226. The summed E-state index contributed by atoms with van der Waals surface area (Å²) < 4.78 is 0. The van der Waals surface area contributed by atoms with Gasteiger partial charge >= 0.3 is 0 Å². The molecule has 1 aliphatic carbocycles. The smallest absolute Gasteiger partial charge is 0.254 e. The van der Waals surface area contributed by atoms with Crippen LogP contribution >= 0.6 is 23.2 Å². The Balaban J connectivity index is 1.17. The molecule has 2 aromatic carbocycles. The summed E-state index contributed by atoms with van der Waals surface area (Å²) in [4.78, 5) is 32.1. The molecular weight excluding hydrogens is 543 g/mol. The Bertz CT molecular complexity index is 1600. The number of amides is 1. The highest BCUT2D eigenvalue weighted by Gasteiger charge is 2.26. The summed E-state index contributed by atoms with van der Waals surface area (Å²) in [7, 11) is 0. The van der Waals surface area contributed by atoms with E-state index in [4.69, 9.17) is 28.2 Å². The molecule has 0 radical (unpaired) electrons. The highest BCUT2D eigenvalue weighted by molar-refractivity contribution is 6.39. The molecule has 0 bridgehead atoms. The van der Waals surface area contributed by atoms with Crippen molar-refractivity contribution in [3.8, 4) is 0 Å². The normalized spacial score (nSPS) is 14.8. The minimum absolute atomic E-state index is 0.227. The third-order valence-electron chi connectivity index (χ3n) is 7.41. The van der Waals surface area contributed by atoms with Crippen LogP contribution in [-0.2, 0) is 32.5 Å². The van der Waals surface area contributed by atoms with Gasteiger partial charge in [0.2, 0.25) is 0 Å². The van der Waals surface area contributed by atoms with Crippen molar-refractivity contribution in [1.82, 2.24) is 30.2 Å². The second-order valence-corrected chi connectivity index (χ2v) is 10.9. The summed E-state index contributed by atoms with van der Waals surface area (Å²) in [6.07, 6.45) is 7.72. The first-order chi connectivity index (χ1) is 19.5. The van der Waals surface area contributed by atoms with E-state index in [1.54, 1.807) is 0 Å². The number of fused-ring (bicyclic) bond motifs is 2. The number of imidazole rings is 1. The Kier molecular flexibility index (Phi) is 7.77. The maximum Gasteiger partial charge on any atom is 0.254 e. The summed E-state index contributed by atoms with van der Waals surface area (Å²) in [5.74, 6) is 0.630. The molecule has 7 nitrogen and oxygen atoms in total. The maximum absolute atomic E-state index is 12.6. The number of rotatable bonds is 8. The van der Waals surface area contributed by atoms with E-state index >= 15 is 0 Å². The summed E-state index contributed by atoms with van der Waals surface area (Å²) in [5, 5.41) is 3.35. The highest BCUT2D eigenvalue weighted by Crippen LogP contribution is 2.26. The number of nitrogens with one attached hydrogen (secondary N) is 2. The molecule has 3 aromatic heterocycles. The Morgan fingerprint density at radius 2 is 1.75 bits per heavy atom. The molecule has 40 heavy (non-hydrogen) atoms. The van der Waals surface area contributed by atoms with Crippen molar-refractivity contribution < 1.29 is 4.79 Å². The number of aromatic nitrogens is 4. The van der Waals surface area contributed by atoms with Crippen LogP contribution in [0, 0.1) is 0 Å². The van der Waals surface area contributed by atoms with Gasteiger partial charge in [0.1, 0.15) is 5.82 Å². The van der Waals surface area contributed by atoms with E-state index in [0.29, 0.717) is 19.1 Å². The molecule has 9 heteroatoms. The van der Waals surface area contributed by atoms with Gasteiger partial charge in [-0.15, -0.1) is 0 Å². The molecule has 1 amide bonds. The van der Waals surface area contributed by atoms with E-state index in [9.17, 15) is 4.79 Å². The maximum atomic E-state index is 12.6. The second-order valence-electron chi connectivity index (χ2n) is 10.1. The molecule has 5 aromatic rings. The lowest BCUT2D eigenvalue weighted by Crippen LogP contribution is -2.39. The molecule has 0 spiro atoms. The molecule has 0 fully saturated rings. The number of hydrogen-bond donors (Lipinski definition) is 2. The first kappa shape index (κ1) is 26.4. The van der Waals surface area contributed by atoms with E-state index in [2.05, 4.69) is 49.4 Å². The zero-order chi connectivity index (χ0) is 27.5. The van der Waals surface area contributed by atoms with E-state index in [1.807, 2.05) is 42.6 Å². The fourth-order valence-corrected chi connectivity index (χ4v) is 5.86. The van der Waals surface area contributed by atoms with Crippen LogP contribution in [0.15, 0.2) is 79.3 Å². The van der Waals surface area contributed by atoms with Crippen LogP contribution in [0.5, 0.6) is 0 Å². The van der Waals surface area contributed by atoms with Crippen LogP contribution in [0.4, 0.5) is 0 Å². The number of para-hydroxylation sites is 2. The summed E-state index contributed by atoms with van der Waals surface area (Å²) in [5.41, 5.74) is 6.98. The summed E-state index contributed by atoms with van der Waals surface area (Å²) in [6.45, 7) is 1.85. The molecular formula is C31H28Cl2N6O. The minimum atomic E-state index is -0.329. The largest absolute Gasteiger partial charge is 0.348 e. The second kappa shape index (κ2) is 11.8. The van der Waals surface area contributed by atoms with Crippen LogP contribution in [-0.4, -0.2) is 36.8 Å². The first-order valence-corrected chi connectivity index (χ1v) is 14.0. The Labute approximate surface area is 242 Å². The van der Waals surface area contributed by atoms with Crippen LogP contribution in [0.3, 0.4) is 0 Å². The van der Waals surface area contributed by atoms with Crippen molar-refractivity contribution in [3.05, 3.63) is 123 Å². The summed E-state index contributed by atoms with van der Waals surface area (Å²) >= 11 is 12.3. The minimum Gasteiger partial charge on any atom is -0.348 e. The molecule has 0 saturated carbocycles. The first-order valence-electron chi connectivity index (χ1n) is 13.3. The fourth-order valence-electron chi connectivity index (χ4n) is 5.32. The zero-order valence-corrected chi connectivity index (χ0v) is 23.3. The van der Waals surface area contributed by atoms with Crippen LogP contribution in [0.2, 0.25) is 10.0 Å². The predicted octanol–water partition coefficient (Wildman–Crippen LogP) is 6.15. The van der Waals surface area contributed by atoms with Gasteiger partial charge < -0.3 is 10.3 Å². The Hall–Kier alpha value is -3.78. The van der Waals surface area contributed by atoms with Crippen molar-refractivity contribution in [2.45, 2.75) is 44.9 Å². The highest BCUT2D eigenvalue weighted by atomic mass is 35.5. The monoisotopic (exact) mass is 570 g/mol. The van der Waals surface area contributed by atoms with Crippen molar-refractivity contribution in [2.24, 2.45) is 0 Å². The van der Waals surface area contributed by atoms with Crippen LogP contribution in [0.25, 0.3) is 11.0 Å². The lowest BCUT2D eigenvalue weighted by atomic mass is 9.90. The van der Waals surface area contributed by atoms with Gasteiger partial charge in [-0.1, -0.05) is 65.7 Å². The molecule has 0 saturated heterocycles. The molecule has 1 unspecified atom stereocenters. The molecule has 6 rings (SSSR count). The van der Waals surface area contributed by atoms with E-state index in [1.165, 1.54) is 29.2 Å². The van der Waals surface area contributed by atoms with E-state index in [0.717, 1.165) is 48.2 Å².